The number of hydrogen-bond donors (Lipinski definition) is 1. The Balaban J connectivity index is 2.65. The van der Waals surface area contributed by atoms with Gasteiger partial charge in [-0.25, -0.2) is 4.39 Å². The maximum absolute atomic E-state index is 13.1. The summed E-state index contributed by atoms with van der Waals surface area (Å²) < 4.78 is 13.1. The van der Waals surface area contributed by atoms with E-state index < -0.39 is 0 Å². The SMILES string of the molecule is CCSCC(Cc1cc(F)ccc1Cl)NC. The molecule has 0 aliphatic carbocycles. The highest BCUT2D eigenvalue weighted by Gasteiger charge is 2.10. The van der Waals surface area contributed by atoms with E-state index in [4.69, 9.17) is 11.6 Å². The lowest BCUT2D eigenvalue weighted by atomic mass is 10.1. The van der Waals surface area contributed by atoms with Crippen LogP contribution >= 0.6 is 23.4 Å². The Morgan fingerprint density at radius 3 is 2.88 bits per heavy atom. The molecule has 0 saturated carbocycles. The van der Waals surface area contributed by atoms with Crippen molar-refractivity contribution in [1.82, 2.24) is 5.32 Å². The van der Waals surface area contributed by atoms with E-state index in [2.05, 4.69) is 12.2 Å². The van der Waals surface area contributed by atoms with Crippen molar-refractivity contribution < 1.29 is 4.39 Å². The Bertz CT molecular complexity index is 333. The highest BCUT2D eigenvalue weighted by molar-refractivity contribution is 7.99. The van der Waals surface area contributed by atoms with Gasteiger partial charge in [0.05, 0.1) is 0 Å². The molecule has 1 atom stereocenters. The van der Waals surface area contributed by atoms with Gasteiger partial charge >= 0.3 is 0 Å². The molecule has 0 aliphatic rings. The van der Waals surface area contributed by atoms with Gasteiger partial charge in [-0.2, -0.15) is 11.8 Å². The molecule has 0 saturated heterocycles. The fourth-order valence-electron chi connectivity index (χ4n) is 1.47. The average molecular weight is 262 g/mol. The Morgan fingerprint density at radius 2 is 2.25 bits per heavy atom. The summed E-state index contributed by atoms with van der Waals surface area (Å²) in [6.45, 7) is 2.13. The molecule has 0 aliphatic heterocycles. The monoisotopic (exact) mass is 261 g/mol. The number of likely N-dealkylation sites (N-methyl/N-ethyl adjacent to an activating group) is 1. The molecule has 4 heteroatoms. The zero-order valence-electron chi connectivity index (χ0n) is 9.59. The molecule has 0 heterocycles. The van der Waals surface area contributed by atoms with E-state index in [9.17, 15) is 4.39 Å². The summed E-state index contributed by atoms with van der Waals surface area (Å²) in [4.78, 5) is 0. The topological polar surface area (TPSA) is 12.0 Å². The van der Waals surface area contributed by atoms with Gasteiger partial charge in [-0.1, -0.05) is 18.5 Å². The molecule has 0 spiro atoms. The molecule has 0 fully saturated rings. The standard InChI is InChI=1S/C12H17ClFNS/c1-3-16-8-11(15-2)7-9-6-10(14)4-5-12(9)13/h4-6,11,15H,3,7-8H2,1-2H3. The lowest BCUT2D eigenvalue weighted by Crippen LogP contribution is -2.30. The van der Waals surface area contributed by atoms with Crippen LogP contribution in [-0.4, -0.2) is 24.6 Å². The Kier molecular flexibility index (Phi) is 6.17. The van der Waals surface area contributed by atoms with Gasteiger partial charge in [0.15, 0.2) is 0 Å². The van der Waals surface area contributed by atoms with Crippen molar-refractivity contribution in [1.29, 1.82) is 0 Å². The molecule has 1 aromatic carbocycles. The third-order valence-corrected chi connectivity index (χ3v) is 3.82. The molecule has 0 amide bonds. The zero-order valence-corrected chi connectivity index (χ0v) is 11.2. The highest BCUT2D eigenvalue weighted by Crippen LogP contribution is 2.19. The van der Waals surface area contributed by atoms with Crippen LogP contribution < -0.4 is 5.32 Å². The summed E-state index contributed by atoms with van der Waals surface area (Å²) in [6.07, 6.45) is 0.764. The number of hydrogen-bond acceptors (Lipinski definition) is 2. The van der Waals surface area contributed by atoms with Gasteiger partial charge < -0.3 is 5.32 Å². The summed E-state index contributed by atoms with van der Waals surface area (Å²) in [5, 5.41) is 3.87. The molecule has 1 rings (SSSR count). The molecule has 0 radical (unpaired) electrons. The second-order valence-corrected chi connectivity index (χ2v) is 5.31. The van der Waals surface area contributed by atoms with Crippen LogP contribution in [0, 0.1) is 5.82 Å². The molecule has 1 unspecified atom stereocenters. The van der Waals surface area contributed by atoms with Crippen LogP contribution in [0.3, 0.4) is 0 Å². The number of rotatable bonds is 6. The van der Waals surface area contributed by atoms with Crippen molar-refractivity contribution in [3.8, 4) is 0 Å². The van der Waals surface area contributed by atoms with Crippen molar-refractivity contribution in [3.63, 3.8) is 0 Å². The van der Waals surface area contributed by atoms with Crippen LogP contribution in [0.1, 0.15) is 12.5 Å². The molecular weight excluding hydrogens is 245 g/mol. The van der Waals surface area contributed by atoms with Gasteiger partial charge in [-0.15, -0.1) is 0 Å². The predicted octanol–water partition coefficient (Wildman–Crippen LogP) is 3.36. The minimum atomic E-state index is -0.225. The molecule has 0 aromatic heterocycles. The Hall–Kier alpha value is -0.250. The smallest absolute Gasteiger partial charge is 0.123 e. The lowest BCUT2D eigenvalue weighted by molar-refractivity contribution is 0.603. The molecule has 0 bridgehead atoms. The number of nitrogens with one attached hydrogen (secondary N) is 1. The minimum Gasteiger partial charge on any atom is -0.316 e. The van der Waals surface area contributed by atoms with Crippen LogP contribution in [-0.2, 0) is 6.42 Å². The van der Waals surface area contributed by atoms with E-state index in [1.165, 1.54) is 12.1 Å². The largest absolute Gasteiger partial charge is 0.316 e. The normalized spacial score (nSPS) is 12.8. The van der Waals surface area contributed by atoms with E-state index in [1.54, 1.807) is 6.07 Å². The second-order valence-electron chi connectivity index (χ2n) is 3.58. The van der Waals surface area contributed by atoms with Crippen LogP contribution in [0.15, 0.2) is 18.2 Å². The van der Waals surface area contributed by atoms with E-state index in [1.807, 2.05) is 18.8 Å². The summed E-state index contributed by atoms with van der Waals surface area (Å²) >= 11 is 7.90. The van der Waals surface area contributed by atoms with Crippen molar-refractivity contribution in [2.24, 2.45) is 0 Å². The van der Waals surface area contributed by atoms with E-state index >= 15 is 0 Å². The fourth-order valence-corrected chi connectivity index (χ4v) is 2.47. The maximum Gasteiger partial charge on any atom is 0.123 e. The van der Waals surface area contributed by atoms with Gasteiger partial charge in [0, 0.05) is 16.8 Å². The summed E-state index contributed by atoms with van der Waals surface area (Å²) in [5.74, 6) is 1.88. The first-order valence-electron chi connectivity index (χ1n) is 5.36. The van der Waals surface area contributed by atoms with Gasteiger partial charge in [-0.05, 0) is 43.0 Å². The number of benzene rings is 1. The number of halogens is 2. The van der Waals surface area contributed by atoms with Crippen LogP contribution in [0.25, 0.3) is 0 Å². The van der Waals surface area contributed by atoms with E-state index in [0.29, 0.717) is 11.1 Å². The minimum absolute atomic E-state index is 0.225. The van der Waals surface area contributed by atoms with Crippen LogP contribution in [0.5, 0.6) is 0 Å². The second kappa shape index (κ2) is 7.15. The van der Waals surface area contributed by atoms with Gasteiger partial charge in [0.25, 0.3) is 0 Å². The third-order valence-electron chi connectivity index (χ3n) is 2.41. The van der Waals surface area contributed by atoms with Crippen molar-refractivity contribution in [3.05, 3.63) is 34.6 Å². The first kappa shape index (κ1) is 13.8. The van der Waals surface area contributed by atoms with Crippen molar-refractivity contribution >= 4 is 23.4 Å². The molecular formula is C12H17ClFNS. The highest BCUT2D eigenvalue weighted by atomic mass is 35.5. The van der Waals surface area contributed by atoms with E-state index in [0.717, 1.165) is 23.5 Å². The molecule has 16 heavy (non-hydrogen) atoms. The van der Waals surface area contributed by atoms with Gasteiger partial charge in [-0.3, -0.25) is 0 Å². The summed E-state index contributed by atoms with van der Waals surface area (Å²) in [7, 11) is 1.92. The molecule has 1 nitrogen and oxygen atoms in total. The molecule has 90 valence electrons. The average Bonchev–Trinajstić information content (AvgIpc) is 2.28. The van der Waals surface area contributed by atoms with Crippen molar-refractivity contribution in [2.75, 3.05) is 18.6 Å². The Morgan fingerprint density at radius 1 is 1.50 bits per heavy atom. The Labute approximate surface area is 106 Å². The predicted molar refractivity (Wildman–Crippen MR) is 71.0 cm³/mol. The first-order chi connectivity index (χ1) is 7.67. The maximum atomic E-state index is 13.1. The van der Waals surface area contributed by atoms with Crippen LogP contribution in [0.2, 0.25) is 5.02 Å². The fraction of sp³-hybridized carbons (Fsp3) is 0.500. The summed E-state index contributed by atoms with van der Waals surface area (Å²) in [6, 6.07) is 4.86. The van der Waals surface area contributed by atoms with Crippen molar-refractivity contribution in [2.45, 2.75) is 19.4 Å². The number of thioether (sulfide) groups is 1. The van der Waals surface area contributed by atoms with Gasteiger partial charge in [0.2, 0.25) is 0 Å². The van der Waals surface area contributed by atoms with E-state index in [-0.39, 0.29) is 5.82 Å². The lowest BCUT2D eigenvalue weighted by Gasteiger charge is -2.16. The zero-order chi connectivity index (χ0) is 12.0. The van der Waals surface area contributed by atoms with Gasteiger partial charge in [0.1, 0.15) is 5.82 Å². The molecule has 1 aromatic rings. The van der Waals surface area contributed by atoms with Crippen LogP contribution in [0.4, 0.5) is 4.39 Å². The first-order valence-corrected chi connectivity index (χ1v) is 6.89. The quantitative estimate of drug-likeness (QED) is 0.843. The summed E-state index contributed by atoms with van der Waals surface area (Å²) in [5.41, 5.74) is 0.873. The third kappa shape index (κ3) is 4.32. The molecule has 1 N–H and O–H groups in total.